The van der Waals surface area contributed by atoms with Gasteiger partial charge in [0, 0.05) is 23.7 Å². The van der Waals surface area contributed by atoms with E-state index in [-0.39, 0.29) is 6.61 Å². The summed E-state index contributed by atoms with van der Waals surface area (Å²) in [5, 5.41) is 12.7. The molecule has 0 amide bonds. The normalized spacial score (nSPS) is 10.6. The van der Waals surface area contributed by atoms with Crippen LogP contribution in [-0.2, 0) is 6.54 Å². The van der Waals surface area contributed by atoms with Gasteiger partial charge in [-0.05, 0) is 44.0 Å². The molecule has 0 bridgehead atoms. The number of nitrogens with one attached hydrogen (secondary N) is 1. The van der Waals surface area contributed by atoms with Crippen molar-refractivity contribution >= 4 is 11.6 Å². The van der Waals surface area contributed by atoms with Crippen LogP contribution in [-0.4, -0.2) is 25.4 Å². The Hall–Kier alpha value is -0.770. The number of aryl methyl sites for hydroxylation is 1. The number of hydrogen-bond acceptors (Lipinski definition) is 3. The molecule has 2 N–H and O–H groups in total. The second kappa shape index (κ2) is 7.54. The van der Waals surface area contributed by atoms with Crippen LogP contribution in [0.5, 0.6) is 5.75 Å². The van der Waals surface area contributed by atoms with Gasteiger partial charge in [0.1, 0.15) is 5.75 Å². The SMILES string of the molecule is COc1cc(C)c(Cl)cc1CNCCCCO. The summed E-state index contributed by atoms with van der Waals surface area (Å²) in [6.07, 6.45) is 1.80. The fraction of sp³-hybridized carbons (Fsp3) is 0.538. The number of halogens is 1. The molecule has 0 unspecified atom stereocenters. The van der Waals surface area contributed by atoms with Gasteiger partial charge in [0.15, 0.2) is 0 Å². The van der Waals surface area contributed by atoms with Gasteiger partial charge in [-0.3, -0.25) is 0 Å². The van der Waals surface area contributed by atoms with E-state index in [4.69, 9.17) is 21.4 Å². The van der Waals surface area contributed by atoms with Crippen LogP contribution < -0.4 is 10.1 Å². The molecular formula is C13H20ClNO2. The predicted molar refractivity (Wildman–Crippen MR) is 70.8 cm³/mol. The molecule has 96 valence electrons. The summed E-state index contributed by atoms with van der Waals surface area (Å²) < 4.78 is 5.32. The number of unbranched alkanes of at least 4 members (excludes halogenated alkanes) is 1. The molecule has 0 radical (unpaired) electrons. The molecular weight excluding hydrogens is 238 g/mol. The lowest BCUT2D eigenvalue weighted by molar-refractivity contribution is 0.283. The quantitative estimate of drug-likeness (QED) is 0.738. The molecule has 0 spiro atoms. The largest absolute Gasteiger partial charge is 0.496 e. The Morgan fingerprint density at radius 3 is 2.76 bits per heavy atom. The molecule has 17 heavy (non-hydrogen) atoms. The molecule has 1 rings (SSSR count). The second-order valence-electron chi connectivity index (χ2n) is 4.02. The highest BCUT2D eigenvalue weighted by atomic mass is 35.5. The van der Waals surface area contributed by atoms with Crippen LogP contribution in [0.15, 0.2) is 12.1 Å². The molecule has 0 aromatic heterocycles. The first kappa shape index (κ1) is 14.3. The van der Waals surface area contributed by atoms with E-state index in [1.807, 2.05) is 19.1 Å². The highest BCUT2D eigenvalue weighted by molar-refractivity contribution is 6.31. The van der Waals surface area contributed by atoms with E-state index in [1.54, 1.807) is 7.11 Å². The van der Waals surface area contributed by atoms with Gasteiger partial charge in [0.05, 0.1) is 7.11 Å². The number of ether oxygens (including phenoxy) is 1. The smallest absolute Gasteiger partial charge is 0.123 e. The molecule has 0 saturated carbocycles. The van der Waals surface area contributed by atoms with Crippen molar-refractivity contribution in [1.82, 2.24) is 5.32 Å². The summed E-state index contributed by atoms with van der Waals surface area (Å²) in [6, 6.07) is 3.89. The highest BCUT2D eigenvalue weighted by Crippen LogP contribution is 2.26. The van der Waals surface area contributed by atoms with Crippen LogP contribution in [0, 0.1) is 6.92 Å². The van der Waals surface area contributed by atoms with E-state index in [9.17, 15) is 0 Å². The van der Waals surface area contributed by atoms with Crippen LogP contribution >= 0.6 is 11.6 Å². The number of aliphatic hydroxyl groups is 1. The standard InChI is InChI=1S/C13H20ClNO2/c1-10-7-13(17-2)11(8-12(10)14)9-15-5-3-4-6-16/h7-8,15-16H,3-6,9H2,1-2H3. The van der Waals surface area contributed by atoms with E-state index < -0.39 is 0 Å². The topological polar surface area (TPSA) is 41.5 Å². The number of benzene rings is 1. The van der Waals surface area contributed by atoms with E-state index in [1.165, 1.54) is 0 Å². The molecule has 1 aromatic carbocycles. The average Bonchev–Trinajstić information content (AvgIpc) is 2.33. The zero-order valence-electron chi connectivity index (χ0n) is 10.4. The van der Waals surface area contributed by atoms with Crippen LogP contribution in [0.25, 0.3) is 0 Å². The number of hydrogen-bond donors (Lipinski definition) is 2. The van der Waals surface area contributed by atoms with Gasteiger partial charge in [0.2, 0.25) is 0 Å². The van der Waals surface area contributed by atoms with Crippen molar-refractivity contribution in [3.05, 3.63) is 28.3 Å². The van der Waals surface area contributed by atoms with E-state index >= 15 is 0 Å². The van der Waals surface area contributed by atoms with Crippen molar-refractivity contribution in [1.29, 1.82) is 0 Å². The van der Waals surface area contributed by atoms with Crippen molar-refractivity contribution < 1.29 is 9.84 Å². The lowest BCUT2D eigenvalue weighted by Crippen LogP contribution is -2.15. The maximum absolute atomic E-state index is 8.67. The minimum atomic E-state index is 0.251. The van der Waals surface area contributed by atoms with Gasteiger partial charge in [-0.1, -0.05) is 11.6 Å². The molecule has 0 aliphatic rings. The Labute approximate surface area is 108 Å². The van der Waals surface area contributed by atoms with Crippen molar-refractivity contribution in [2.75, 3.05) is 20.3 Å². The Bertz CT molecular complexity index is 356. The molecule has 0 aliphatic heterocycles. The molecule has 4 heteroatoms. The molecule has 0 fully saturated rings. The van der Waals surface area contributed by atoms with Crippen molar-refractivity contribution in [3.8, 4) is 5.75 Å². The minimum Gasteiger partial charge on any atom is -0.496 e. The minimum absolute atomic E-state index is 0.251. The van der Waals surface area contributed by atoms with Crippen LogP contribution in [0.2, 0.25) is 5.02 Å². The monoisotopic (exact) mass is 257 g/mol. The molecule has 0 heterocycles. The van der Waals surface area contributed by atoms with Gasteiger partial charge in [-0.2, -0.15) is 0 Å². The summed E-state index contributed by atoms with van der Waals surface area (Å²) in [5.41, 5.74) is 2.08. The van der Waals surface area contributed by atoms with Gasteiger partial charge in [-0.15, -0.1) is 0 Å². The second-order valence-corrected chi connectivity index (χ2v) is 4.43. The Balaban J connectivity index is 2.54. The Kier molecular flexibility index (Phi) is 6.34. The summed E-state index contributed by atoms with van der Waals surface area (Å²) >= 11 is 6.09. The van der Waals surface area contributed by atoms with Gasteiger partial charge in [0.25, 0.3) is 0 Å². The van der Waals surface area contributed by atoms with Gasteiger partial charge >= 0.3 is 0 Å². The lowest BCUT2D eigenvalue weighted by Gasteiger charge is -2.11. The zero-order valence-corrected chi connectivity index (χ0v) is 11.2. The fourth-order valence-electron chi connectivity index (χ4n) is 1.61. The summed E-state index contributed by atoms with van der Waals surface area (Å²) in [5.74, 6) is 0.863. The van der Waals surface area contributed by atoms with Crippen LogP contribution in [0.4, 0.5) is 0 Å². The maximum Gasteiger partial charge on any atom is 0.123 e. The van der Waals surface area contributed by atoms with Crippen molar-refractivity contribution in [2.24, 2.45) is 0 Å². The summed E-state index contributed by atoms with van der Waals surface area (Å²) in [4.78, 5) is 0. The third-order valence-electron chi connectivity index (χ3n) is 2.64. The Morgan fingerprint density at radius 1 is 1.35 bits per heavy atom. The predicted octanol–water partition coefficient (Wildman–Crippen LogP) is 2.52. The molecule has 0 atom stereocenters. The van der Waals surface area contributed by atoms with Crippen LogP contribution in [0.3, 0.4) is 0 Å². The summed E-state index contributed by atoms with van der Waals surface area (Å²) in [6.45, 7) is 3.83. The zero-order chi connectivity index (χ0) is 12.7. The van der Waals surface area contributed by atoms with Crippen LogP contribution in [0.1, 0.15) is 24.0 Å². The molecule has 3 nitrogen and oxygen atoms in total. The number of aliphatic hydroxyl groups excluding tert-OH is 1. The van der Waals surface area contributed by atoms with E-state index in [0.717, 1.165) is 47.8 Å². The highest BCUT2D eigenvalue weighted by Gasteiger charge is 2.06. The first-order chi connectivity index (χ1) is 8.19. The summed E-state index contributed by atoms with van der Waals surface area (Å²) in [7, 11) is 1.66. The van der Waals surface area contributed by atoms with E-state index in [2.05, 4.69) is 5.32 Å². The lowest BCUT2D eigenvalue weighted by atomic mass is 10.1. The molecule has 0 saturated heterocycles. The maximum atomic E-state index is 8.67. The number of methoxy groups -OCH3 is 1. The first-order valence-electron chi connectivity index (χ1n) is 5.83. The van der Waals surface area contributed by atoms with E-state index in [0.29, 0.717) is 0 Å². The number of rotatable bonds is 7. The molecule has 1 aromatic rings. The fourth-order valence-corrected chi connectivity index (χ4v) is 1.80. The third kappa shape index (κ3) is 4.54. The first-order valence-corrected chi connectivity index (χ1v) is 6.21. The van der Waals surface area contributed by atoms with Crippen molar-refractivity contribution in [2.45, 2.75) is 26.3 Å². The third-order valence-corrected chi connectivity index (χ3v) is 3.05. The van der Waals surface area contributed by atoms with Gasteiger partial charge in [-0.25, -0.2) is 0 Å². The molecule has 0 aliphatic carbocycles. The Morgan fingerprint density at radius 2 is 2.12 bits per heavy atom. The average molecular weight is 258 g/mol. The van der Waals surface area contributed by atoms with Crippen molar-refractivity contribution in [3.63, 3.8) is 0 Å². The van der Waals surface area contributed by atoms with Gasteiger partial charge < -0.3 is 15.2 Å².